The molecule has 1 N–H and O–H groups in total. The molecule has 1 aromatic carbocycles. The number of aromatic hydroxyl groups is 1. The first-order chi connectivity index (χ1) is 9.81. The zero-order valence-electron chi connectivity index (χ0n) is 11.5. The zero-order chi connectivity index (χ0) is 13.5. The topological polar surface area (TPSA) is 39.6 Å². The van der Waals surface area contributed by atoms with Crippen LogP contribution in [-0.2, 0) is 0 Å². The molecule has 2 aliphatic rings. The average Bonchev–Trinajstić information content (AvgIpc) is 2.94. The molecular weight excluding hydrogens is 250 g/mol. The minimum Gasteiger partial charge on any atom is -0.508 e. The van der Waals surface area contributed by atoms with Gasteiger partial charge in [0.1, 0.15) is 11.6 Å². The van der Waals surface area contributed by atoms with Crippen molar-refractivity contribution in [3.8, 4) is 5.75 Å². The van der Waals surface area contributed by atoms with E-state index < -0.39 is 0 Å². The van der Waals surface area contributed by atoms with E-state index in [0.29, 0.717) is 11.8 Å². The molecule has 20 heavy (non-hydrogen) atoms. The molecule has 0 unspecified atom stereocenters. The lowest BCUT2D eigenvalue weighted by atomic mass is 10.1. The number of benzene rings is 1. The standard InChI is InChI=1S/C16H19N3O/c20-14-4-3-12-5-6-17-16(15(12)10-14)19-9-8-18-7-1-2-13(18)11-19/h3-6,10,13,20H,1-2,7-9,11H2/t13-/m0/s1. The number of rotatable bonds is 1. The number of anilines is 1. The van der Waals surface area contributed by atoms with Gasteiger partial charge in [-0.2, -0.15) is 0 Å². The number of phenolic OH excluding ortho intramolecular Hbond substituents is 1. The summed E-state index contributed by atoms with van der Waals surface area (Å²) in [6, 6.07) is 8.21. The first-order valence-electron chi connectivity index (χ1n) is 7.38. The van der Waals surface area contributed by atoms with Crippen molar-refractivity contribution in [1.29, 1.82) is 0 Å². The number of pyridine rings is 1. The second-order valence-corrected chi connectivity index (χ2v) is 5.82. The Morgan fingerprint density at radius 2 is 2.10 bits per heavy atom. The molecule has 4 rings (SSSR count). The highest BCUT2D eigenvalue weighted by molar-refractivity contribution is 5.93. The van der Waals surface area contributed by atoms with Crippen LogP contribution in [0.3, 0.4) is 0 Å². The highest BCUT2D eigenvalue weighted by atomic mass is 16.3. The van der Waals surface area contributed by atoms with Crippen LogP contribution in [0, 0.1) is 0 Å². The van der Waals surface area contributed by atoms with Crippen LogP contribution in [0.1, 0.15) is 12.8 Å². The molecule has 4 heteroatoms. The van der Waals surface area contributed by atoms with Crippen molar-refractivity contribution in [3.05, 3.63) is 30.5 Å². The largest absolute Gasteiger partial charge is 0.508 e. The van der Waals surface area contributed by atoms with E-state index in [0.717, 1.165) is 36.2 Å². The molecule has 4 nitrogen and oxygen atoms in total. The van der Waals surface area contributed by atoms with E-state index >= 15 is 0 Å². The van der Waals surface area contributed by atoms with Crippen LogP contribution in [0.5, 0.6) is 5.75 Å². The van der Waals surface area contributed by atoms with Crippen LogP contribution < -0.4 is 4.90 Å². The van der Waals surface area contributed by atoms with Gasteiger partial charge in [-0.15, -0.1) is 0 Å². The predicted molar refractivity (Wildman–Crippen MR) is 80.2 cm³/mol. The van der Waals surface area contributed by atoms with Gasteiger partial charge in [-0.1, -0.05) is 6.07 Å². The Kier molecular flexibility index (Phi) is 2.77. The highest BCUT2D eigenvalue weighted by Gasteiger charge is 2.31. The number of aromatic nitrogens is 1. The summed E-state index contributed by atoms with van der Waals surface area (Å²) in [4.78, 5) is 9.56. The van der Waals surface area contributed by atoms with Gasteiger partial charge in [-0.05, 0) is 43.0 Å². The normalized spacial score (nSPS) is 23.2. The average molecular weight is 269 g/mol. The summed E-state index contributed by atoms with van der Waals surface area (Å²) in [6.45, 7) is 4.46. The fourth-order valence-electron chi connectivity index (χ4n) is 3.58. The second-order valence-electron chi connectivity index (χ2n) is 5.82. The predicted octanol–water partition coefficient (Wildman–Crippen LogP) is 2.22. The van der Waals surface area contributed by atoms with Gasteiger partial charge in [0.25, 0.3) is 0 Å². The second kappa shape index (κ2) is 4.63. The SMILES string of the molecule is Oc1ccc2ccnc(N3CCN4CCC[C@H]4C3)c2c1. The molecule has 0 aliphatic carbocycles. The smallest absolute Gasteiger partial charge is 0.136 e. The summed E-state index contributed by atoms with van der Waals surface area (Å²) in [5.74, 6) is 1.33. The fourth-order valence-corrected chi connectivity index (χ4v) is 3.58. The van der Waals surface area contributed by atoms with E-state index in [9.17, 15) is 5.11 Å². The van der Waals surface area contributed by atoms with Crippen molar-refractivity contribution in [2.24, 2.45) is 0 Å². The third kappa shape index (κ3) is 1.91. The van der Waals surface area contributed by atoms with Gasteiger partial charge in [0.2, 0.25) is 0 Å². The maximum atomic E-state index is 9.75. The quantitative estimate of drug-likeness (QED) is 0.861. The minimum atomic E-state index is 0.311. The monoisotopic (exact) mass is 269 g/mol. The lowest BCUT2D eigenvalue weighted by molar-refractivity contribution is 0.230. The minimum absolute atomic E-state index is 0.311. The van der Waals surface area contributed by atoms with Crippen molar-refractivity contribution in [1.82, 2.24) is 9.88 Å². The van der Waals surface area contributed by atoms with Crippen LogP contribution >= 0.6 is 0 Å². The van der Waals surface area contributed by atoms with Crippen molar-refractivity contribution in [3.63, 3.8) is 0 Å². The Morgan fingerprint density at radius 3 is 3.05 bits per heavy atom. The number of hydrogen-bond acceptors (Lipinski definition) is 4. The maximum absolute atomic E-state index is 9.75. The van der Waals surface area contributed by atoms with E-state index in [1.165, 1.54) is 19.4 Å². The molecule has 0 bridgehead atoms. The molecule has 1 aromatic heterocycles. The number of fused-ring (bicyclic) bond motifs is 2. The fraction of sp³-hybridized carbons (Fsp3) is 0.438. The molecular formula is C16H19N3O. The Hall–Kier alpha value is -1.81. The van der Waals surface area contributed by atoms with Crippen molar-refractivity contribution < 1.29 is 5.11 Å². The van der Waals surface area contributed by atoms with Crippen LogP contribution in [0.2, 0.25) is 0 Å². The van der Waals surface area contributed by atoms with Gasteiger partial charge in [-0.25, -0.2) is 4.98 Å². The number of hydrogen-bond donors (Lipinski definition) is 1. The third-order valence-corrected chi connectivity index (χ3v) is 4.62. The molecule has 2 fully saturated rings. The van der Waals surface area contributed by atoms with Crippen LogP contribution in [0.15, 0.2) is 30.5 Å². The van der Waals surface area contributed by atoms with E-state index in [1.807, 2.05) is 24.4 Å². The third-order valence-electron chi connectivity index (χ3n) is 4.62. The molecule has 104 valence electrons. The van der Waals surface area contributed by atoms with Gasteiger partial charge in [0, 0.05) is 37.3 Å². The van der Waals surface area contributed by atoms with Gasteiger partial charge in [0.05, 0.1) is 0 Å². The van der Waals surface area contributed by atoms with E-state index in [-0.39, 0.29) is 0 Å². The summed E-state index contributed by atoms with van der Waals surface area (Å²) in [6.07, 6.45) is 4.49. The molecule has 0 radical (unpaired) electrons. The van der Waals surface area contributed by atoms with Crippen molar-refractivity contribution in [2.45, 2.75) is 18.9 Å². The Labute approximate surface area is 118 Å². The summed E-state index contributed by atoms with van der Waals surface area (Å²) in [5, 5.41) is 11.9. The van der Waals surface area contributed by atoms with Gasteiger partial charge >= 0.3 is 0 Å². The lowest BCUT2D eigenvalue weighted by Crippen LogP contribution is -2.50. The Morgan fingerprint density at radius 1 is 1.15 bits per heavy atom. The summed E-state index contributed by atoms with van der Waals surface area (Å²) < 4.78 is 0. The first-order valence-corrected chi connectivity index (χ1v) is 7.38. The van der Waals surface area contributed by atoms with Gasteiger partial charge in [-0.3, -0.25) is 4.90 Å². The summed E-state index contributed by atoms with van der Waals surface area (Å²) >= 11 is 0. The number of piperazine rings is 1. The summed E-state index contributed by atoms with van der Waals surface area (Å²) in [7, 11) is 0. The first kappa shape index (κ1) is 12.0. The maximum Gasteiger partial charge on any atom is 0.136 e. The van der Waals surface area contributed by atoms with Gasteiger partial charge < -0.3 is 10.0 Å². The zero-order valence-corrected chi connectivity index (χ0v) is 11.5. The Bertz CT molecular complexity index is 643. The lowest BCUT2D eigenvalue weighted by Gasteiger charge is -2.38. The highest BCUT2D eigenvalue weighted by Crippen LogP contribution is 2.30. The Balaban J connectivity index is 1.73. The molecule has 2 saturated heterocycles. The number of phenols is 1. The van der Waals surface area contributed by atoms with Gasteiger partial charge in [0.15, 0.2) is 0 Å². The molecule has 1 atom stereocenters. The molecule has 0 saturated carbocycles. The molecule has 2 aromatic rings. The molecule has 0 amide bonds. The van der Waals surface area contributed by atoms with E-state index in [4.69, 9.17) is 0 Å². The van der Waals surface area contributed by atoms with E-state index in [1.54, 1.807) is 6.07 Å². The van der Waals surface area contributed by atoms with E-state index in [2.05, 4.69) is 14.8 Å². The molecule has 0 spiro atoms. The molecule has 3 heterocycles. The van der Waals surface area contributed by atoms with Crippen LogP contribution in [-0.4, -0.2) is 47.2 Å². The van der Waals surface area contributed by atoms with Crippen molar-refractivity contribution >= 4 is 16.6 Å². The van der Waals surface area contributed by atoms with Crippen LogP contribution in [0.25, 0.3) is 10.8 Å². The summed E-state index contributed by atoms with van der Waals surface area (Å²) in [5.41, 5.74) is 0. The van der Waals surface area contributed by atoms with Crippen molar-refractivity contribution in [2.75, 3.05) is 31.1 Å². The van der Waals surface area contributed by atoms with Crippen LogP contribution in [0.4, 0.5) is 5.82 Å². The molecule has 2 aliphatic heterocycles. The number of nitrogens with zero attached hydrogens (tertiary/aromatic N) is 3.